The van der Waals surface area contributed by atoms with Gasteiger partial charge in [-0.1, -0.05) is 152 Å². The van der Waals surface area contributed by atoms with Gasteiger partial charge in [-0.25, -0.2) is 0 Å². The summed E-state index contributed by atoms with van der Waals surface area (Å²) in [5.41, 5.74) is 12.2. The summed E-state index contributed by atoms with van der Waals surface area (Å²) in [4.78, 5) is 2.37. The van der Waals surface area contributed by atoms with Crippen LogP contribution < -0.4 is 4.90 Å². The Morgan fingerprint density at radius 2 is 0.857 bits per heavy atom. The molecule has 1 aromatic heterocycles. The predicted molar refractivity (Wildman–Crippen MR) is 237 cm³/mol. The Morgan fingerprint density at radius 1 is 0.286 bits per heavy atom. The lowest BCUT2D eigenvalue weighted by molar-refractivity contribution is 0.669. The Bertz CT molecular complexity index is 3250. The molecule has 11 rings (SSSR count). The van der Waals surface area contributed by atoms with Gasteiger partial charge in [-0.3, -0.25) is 0 Å². The molecule has 0 aliphatic heterocycles. The Hall–Kier alpha value is -7.42. The highest BCUT2D eigenvalue weighted by atomic mass is 16.3. The first-order valence-corrected chi connectivity index (χ1v) is 19.2. The van der Waals surface area contributed by atoms with E-state index in [9.17, 15) is 0 Å². The topological polar surface area (TPSA) is 16.4 Å². The van der Waals surface area contributed by atoms with E-state index in [0.29, 0.717) is 0 Å². The van der Waals surface area contributed by atoms with Crippen LogP contribution in [0.2, 0.25) is 0 Å². The van der Waals surface area contributed by atoms with Gasteiger partial charge in [0.25, 0.3) is 0 Å². The van der Waals surface area contributed by atoms with Crippen molar-refractivity contribution in [3.05, 3.63) is 212 Å². The van der Waals surface area contributed by atoms with Crippen molar-refractivity contribution in [1.29, 1.82) is 0 Å². The monoisotopic (exact) mass is 713 g/mol. The molecule has 2 nitrogen and oxygen atoms in total. The van der Waals surface area contributed by atoms with E-state index in [1.54, 1.807) is 0 Å². The van der Waals surface area contributed by atoms with Gasteiger partial charge >= 0.3 is 0 Å². The molecular weight excluding hydrogens is 679 g/mol. The highest BCUT2D eigenvalue weighted by Crippen LogP contribution is 2.42. The second-order valence-corrected chi connectivity index (χ2v) is 14.5. The normalized spacial score (nSPS) is 11.6. The van der Waals surface area contributed by atoms with E-state index >= 15 is 0 Å². The van der Waals surface area contributed by atoms with Crippen molar-refractivity contribution in [3.63, 3.8) is 0 Å². The minimum Gasteiger partial charge on any atom is -0.456 e. The molecule has 2 heteroatoms. The van der Waals surface area contributed by atoms with Gasteiger partial charge in [-0.2, -0.15) is 0 Å². The van der Waals surface area contributed by atoms with Crippen molar-refractivity contribution < 1.29 is 4.42 Å². The highest BCUT2D eigenvalue weighted by molar-refractivity contribution is 6.14. The smallest absolute Gasteiger partial charge is 0.136 e. The van der Waals surface area contributed by atoms with E-state index in [0.717, 1.165) is 50.1 Å². The second-order valence-electron chi connectivity index (χ2n) is 14.5. The number of hydrogen-bond donors (Lipinski definition) is 0. The summed E-state index contributed by atoms with van der Waals surface area (Å²) >= 11 is 0. The fourth-order valence-corrected chi connectivity index (χ4v) is 8.53. The fourth-order valence-electron chi connectivity index (χ4n) is 8.53. The van der Waals surface area contributed by atoms with Crippen LogP contribution in [0.4, 0.5) is 17.1 Å². The molecule has 0 spiro atoms. The average Bonchev–Trinajstić information content (AvgIpc) is 3.66. The zero-order valence-electron chi connectivity index (χ0n) is 30.6. The summed E-state index contributed by atoms with van der Waals surface area (Å²) in [6.07, 6.45) is 0. The standard InChI is InChI=1S/C54H35NO/c1-2-12-39-33-41(24-23-36(39)11-1)40-14-9-15-45(34-40)55(43-29-25-37(26-30-43)47-20-10-22-53-54(47)50-19-7-8-21-52(50)56-53)44-31-27-38(28-32-44)51-35-42-13-3-4-16-46(42)48-17-5-6-18-49(48)51/h1-35H. The molecule has 56 heavy (non-hydrogen) atoms. The molecule has 0 fully saturated rings. The van der Waals surface area contributed by atoms with E-state index < -0.39 is 0 Å². The van der Waals surface area contributed by atoms with Crippen molar-refractivity contribution in [2.24, 2.45) is 0 Å². The van der Waals surface area contributed by atoms with Crippen LogP contribution in [0.3, 0.4) is 0 Å². The molecule has 10 aromatic carbocycles. The largest absolute Gasteiger partial charge is 0.456 e. The van der Waals surface area contributed by atoms with Gasteiger partial charge in [-0.15, -0.1) is 0 Å². The van der Waals surface area contributed by atoms with Gasteiger partial charge in [0.2, 0.25) is 0 Å². The Kier molecular flexibility index (Phi) is 7.53. The van der Waals surface area contributed by atoms with Gasteiger partial charge in [0.1, 0.15) is 11.2 Å². The number of anilines is 3. The lowest BCUT2D eigenvalue weighted by atomic mass is 9.93. The third-order valence-electron chi connectivity index (χ3n) is 11.2. The van der Waals surface area contributed by atoms with E-state index in [-0.39, 0.29) is 0 Å². The maximum absolute atomic E-state index is 6.24. The zero-order chi connectivity index (χ0) is 37.0. The lowest BCUT2D eigenvalue weighted by Gasteiger charge is -2.26. The van der Waals surface area contributed by atoms with Crippen LogP contribution in [-0.4, -0.2) is 0 Å². The van der Waals surface area contributed by atoms with Crippen LogP contribution in [0.5, 0.6) is 0 Å². The van der Waals surface area contributed by atoms with Crippen molar-refractivity contribution in [2.45, 2.75) is 0 Å². The van der Waals surface area contributed by atoms with E-state index in [2.05, 4.69) is 205 Å². The Morgan fingerprint density at radius 3 is 1.64 bits per heavy atom. The summed E-state index contributed by atoms with van der Waals surface area (Å²) in [5, 5.41) is 9.82. The third kappa shape index (κ3) is 5.42. The van der Waals surface area contributed by atoms with Gasteiger partial charge < -0.3 is 9.32 Å². The Labute approximate surface area is 325 Å². The molecule has 0 saturated heterocycles. The summed E-state index contributed by atoms with van der Waals surface area (Å²) in [6.45, 7) is 0. The number of benzene rings is 10. The number of rotatable bonds is 6. The molecule has 0 N–H and O–H groups in total. The van der Waals surface area contributed by atoms with Crippen LogP contribution >= 0.6 is 0 Å². The third-order valence-corrected chi connectivity index (χ3v) is 11.2. The number of nitrogens with zero attached hydrogens (tertiary/aromatic N) is 1. The molecule has 11 aromatic rings. The van der Waals surface area contributed by atoms with Crippen LogP contribution in [0.25, 0.3) is 87.6 Å². The number of para-hydroxylation sites is 1. The van der Waals surface area contributed by atoms with Crippen LogP contribution in [-0.2, 0) is 0 Å². The molecular formula is C54H35NO. The minimum absolute atomic E-state index is 0.902. The molecule has 0 unspecified atom stereocenters. The predicted octanol–water partition coefficient (Wildman–Crippen LogP) is 15.5. The average molecular weight is 714 g/mol. The van der Waals surface area contributed by atoms with Crippen molar-refractivity contribution in [3.8, 4) is 33.4 Å². The molecule has 0 radical (unpaired) electrons. The quantitative estimate of drug-likeness (QED) is 0.160. The maximum atomic E-state index is 6.24. The van der Waals surface area contributed by atoms with Crippen molar-refractivity contribution in [1.82, 2.24) is 0 Å². The van der Waals surface area contributed by atoms with Crippen molar-refractivity contribution in [2.75, 3.05) is 4.90 Å². The summed E-state index contributed by atoms with van der Waals surface area (Å²) in [7, 11) is 0. The number of fused-ring (bicyclic) bond motifs is 7. The molecule has 1 heterocycles. The summed E-state index contributed by atoms with van der Waals surface area (Å²) in [5.74, 6) is 0. The molecule has 0 aliphatic rings. The molecule has 0 amide bonds. The zero-order valence-corrected chi connectivity index (χ0v) is 30.6. The minimum atomic E-state index is 0.902. The molecule has 0 saturated carbocycles. The first-order valence-electron chi connectivity index (χ1n) is 19.2. The first-order chi connectivity index (χ1) is 27.7. The lowest BCUT2D eigenvalue weighted by Crippen LogP contribution is -2.10. The first kappa shape index (κ1) is 32.0. The van der Waals surface area contributed by atoms with Gasteiger partial charge in [0.15, 0.2) is 0 Å². The van der Waals surface area contributed by atoms with Gasteiger partial charge in [0.05, 0.1) is 0 Å². The SMILES string of the molecule is c1cc(-c2ccc3ccccc3c2)cc(N(c2ccc(-c3cc4ccccc4c4ccccc34)cc2)c2ccc(-c3cccc4oc5ccccc5c34)cc2)c1. The maximum Gasteiger partial charge on any atom is 0.136 e. The second kappa shape index (κ2) is 13.2. The Balaban J connectivity index is 1.04. The van der Waals surface area contributed by atoms with Crippen LogP contribution in [0.1, 0.15) is 0 Å². The molecule has 0 bridgehead atoms. The van der Waals surface area contributed by atoms with E-state index in [1.807, 2.05) is 12.1 Å². The number of hydrogen-bond acceptors (Lipinski definition) is 2. The van der Waals surface area contributed by atoms with Crippen molar-refractivity contribution >= 4 is 71.3 Å². The fraction of sp³-hybridized carbons (Fsp3) is 0. The summed E-state index contributed by atoms with van der Waals surface area (Å²) < 4.78 is 6.24. The van der Waals surface area contributed by atoms with E-state index in [1.165, 1.54) is 54.6 Å². The van der Waals surface area contributed by atoms with Crippen LogP contribution in [0, 0.1) is 0 Å². The summed E-state index contributed by atoms with van der Waals surface area (Å²) in [6, 6.07) is 76.6. The van der Waals surface area contributed by atoms with E-state index in [4.69, 9.17) is 4.42 Å². The molecule has 0 atom stereocenters. The van der Waals surface area contributed by atoms with Gasteiger partial charge in [-0.05, 0) is 126 Å². The molecule has 0 aliphatic carbocycles. The van der Waals surface area contributed by atoms with Crippen LogP contribution in [0.15, 0.2) is 217 Å². The highest BCUT2D eigenvalue weighted by Gasteiger charge is 2.17. The molecule has 262 valence electrons. The number of furan rings is 1. The van der Waals surface area contributed by atoms with Gasteiger partial charge in [0, 0.05) is 27.8 Å².